The van der Waals surface area contributed by atoms with Crippen LogP contribution in [0.2, 0.25) is 0 Å². The lowest BCUT2D eigenvalue weighted by Gasteiger charge is -2.26. The summed E-state index contributed by atoms with van der Waals surface area (Å²) in [5.41, 5.74) is 0.820. The minimum Gasteiger partial charge on any atom is -0.350 e. The van der Waals surface area contributed by atoms with E-state index in [0.717, 1.165) is 37.2 Å². The van der Waals surface area contributed by atoms with Crippen LogP contribution in [0, 0.1) is 16.0 Å². The summed E-state index contributed by atoms with van der Waals surface area (Å²) in [6, 6.07) is 6.39. The maximum absolute atomic E-state index is 11.8. The van der Waals surface area contributed by atoms with E-state index in [1.54, 1.807) is 18.2 Å². The normalized spacial score (nSPS) is 22.1. The van der Waals surface area contributed by atoms with Gasteiger partial charge in [0.15, 0.2) is 0 Å². The van der Waals surface area contributed by atoms with Gasteiger partial charge in [0, 0.05) is 24.3 Å². The lowest BCUT2D eigenvalue weighted by molar-refractivity contribution is -0.384. The fourth-order valence-corrected chi connectivity index (χ4v) is 2.53. The third-order valence-electron chi connectivity index (χ3n) is 3.89. The molecule has 0 spiro atoms. The van der Waals surface area contributed by atoms with E-state index < -0.39 is 4.92 Å². The zero-order chi connectivity index (χ0) is 15.2. The van der Waals surface area contributed by atoms with Crippen molar-refractivity contribution in [3.05, 3.63) is 46.0 Å². The van der Waals surface area contributed by atoms with Gasteiger partial charge >= 0.3 is 0 Å². The van der Waals surface area contributed by atoms with E-state index in [4.69, 9.17) is 0 Å². The SMILES string of the molecule is CC1CCC(NC(=O)/C=C/c2ccc([N+](=O)[O-])cc2)CC1. The minimum atomic E-state index is -0.440. The molecule has 2 rings (SSSR count). The first kappa shape index (κ1) is 15.2. The highest BCUT2D eigenvalue weighted by Crippen LogP contribution is 2.23. The Bertz CT molecular complexity index is 529. The second-order valence-corrected chi connectivity index (χ2v) is 5.65. The average Bonchev–Trinajstić information content (AvgIpc) is 2.48. The number of rotatable bonds is 4. The van der Waals surface area contributed by atoms with E-state index in [9.17, 15) is 14.9 Å². The summed E-state index contributed by atoms with van der Waals surface area (Å²) in [6.07, 6.45) is 7.56. The van der Waals surface area contributed by atoms with Crippen LogP contribution in [0.15, 0.2) is 30.3 Å². The molecule has 5 heteroatoms. The smallest absolute Gasteiger partial charge is 0.269 e. The van der Waals surface area contributed by atoms with Crippen molar-refractivity contribution < 1.29 is 9.72 Å². The van der Waals surface area contributed by atoms with Crippen LogP contribution < -0.4 is 5.32 Å². The molecule has 1 aromatic rings. The van der Waals surface area contributed by atoms with E-state index in [1.807, 2.05) is 0 Å². The van der Waals surface area contributed by atoms with Crippen molar-refractivity contribution in [3.8, 4) is 0 Å². The molecule has 1 saturated carbocycles. The summed E-state index contributed by atoms with van der Waals surface area (Å²) in [7, 11) is 0. The number of nitro groups is 1. The van der Waals surface area contributed by atoms with E-state index in [-0.39, 0.29) is 17.6 Å². The largest absolute Gasteiger partial charge is 0.350 e. The van der Waals surface area contributed by atoms with Gasteiger partial charge in [0.05, 0.1) is 4.92 Å². The molecule has 0 aliphatic heterocycles. The monoisotopic (exact) mass is 288 g/mol. The highest BCUT2D eigenvalue weighted by Gasteiger charge is 2.18. The van der Waals surface area contributed by atoms with Crippen LogP contribution in [-0.4, -0.2) is 16.9 Å². The molecule has 0 saturated heterocycles. The summed E-state index contributed by atoms with van der Waals surface area (Å²) in [5, 5.41) is 13.6. The van der Waals surface area contributed by atoms with Crippen molar-refractivity contribution in [3.63, 3.8) is 0 Å². The maximum Gasteiger partial charge on any atom is 0.269 e. The molecular weight excluding hydrogens is 268 g/mol. The van der Waals surface area contributed by atoms with Gasteiger partial charge in [-0.15, -0.1) is 0 Å². The van der Waals surface area contributed by atoms with Gasteiger partial charge in [0.1, 0.15) is 0 Å². The molecular formula is C16H20N2O3. The summed E-state index contributed by atoms with van der Waals surface area (Å²) in [5.74, 6) is 0.654. The molecule has 1 N–H and O–H groups in total. The van der Waals surface area contributed by atoms with Crippen molar-refractivity contribution >= 4 is 17.7 Å². The van der Waals surface area contributed by atoms with Gasteiger partial charge in [-0.1, -0.05) is 6.92 Å². The Kier molecular flexibility index (Phi) is 5.09. The molecule has 1 amide bonds. The van der Waals surface area contributed by atoms with Gasteiger partial charge < -0.3 is 5.32 Å². The number of carbonyl (C=O) groups is 1. The van der Waals surface area contributed by atoms with Crippen LogP contribution in [0.1, 0.15) is 38.2 Å². The van der Waals surface area contributed by atoms with Crippen LogP contribution in [0.4, 0.5) is 5.69 Å². The number of hydrogen-bond acceptors (Lipinski definition) is 3. The number of hydrogen-bond donors (Lipinski definition) is 1. The van der Waals surface area contributed by atoms with Crippen LogP contribution in [0.5, 0.6) is 0 Å². The van der Waals surface area contributed by atoms with Crippen LogP contribution >= 0.6 is 0 Å². The van der Waals surface area contributed by atoms with Gasteiger partial charge in [0.25, 0.3) is 5.69 Å². The third-order valence-corrected chi connectivity index (χ3v) is 3.89. The van der Waals surface area contributed by atoms with Gasteiger partial charge in [-0.05, 0) is 55.4 Å². The summed E-state index contributed by atoms with van der Waals surface area (Å²) in [6.45, 7) is 2.24. The van der Waals surface area contributed by atoms with Gasteiger partial charge in [-0.3, -0.25) is 14.9 Å². The van der Waals surface area contributed by atoms with Crippen molar-refractivity contribution in [2.75, 3.05) is 0 Å². The fraction of sp³-hybridized carbons (Fsp3) is 0.438. The average molecular weight is 288 g/mol. The van der Waals surface area contributed by atoms with Crippen molar-refractivity contribution in [2.24, 2.45) is 5.92 Å². The Morgan fingerprint density at radius 3 is 2.43 bits per heavy atom. The van der Waals surface area contributed by atoms with E-state index in [2.05, 4.69) is 12.2 Å². The number of nitro benzene ring substituents is 1. The minimum absolute atomic E-state index is 0.0490. The lowest BCUT2D eigenvalue weighted by atomic mass is 9.87. The first-order chi connectivity index (χ1) is 10.0. The third kappa shape index (κ3) is 4.70. The molecule has 0 heterocycles. The van der Waals surface area contributed by atoms with Gasteiger partial charge in [0.2, 0.25) is 5.91 Å². The quantitative estimate of drug-likeness (QED) is 0.525. The topological polar surface area (TPSA) is 72.2 Å². The van der Waals surface area contributed by atoms with Crippen LogP contribution in [0.3, 0.4) is 0 Å². The van der Waals surface area contributed by atoms with Gasteiger partial charge in [-0.2, -0.15) is 0 Å². The zero-order valence-electron chi connectivity index (χ0n) is 12.1. The molecule has 5 nitrogen and oxygen atoms in total. The first-order valence-electron chi connectivity index (χ1n) is 7.27. The number of non-ortho nitro benzene ring substituents is 1. The highest BCUT2D eigenvalue weighted by molar-refractivity contribution is 5.91. The Hall–Kier alpha value is -2.17. The van der Waals surface area contributed by atoms with E-state index >= 15 is 0 Å². The maximum atomic E-state index is 11.8. The molecule has 1 aliphatic rings. The van der Waals surface area contributed by atoms with Crippen LogP contribution in [-0.2, 0) is 4.79 Å². The highest BCUT2D eigenvalue weighted by atomic mass is 16.6. The fourth-order valence-electron chi connectivity index (χ4n) is 2.53. The van der Waals surface area contributed by atoms with Crippen molar-refractivity contribution in [1.29, 1.82) is 0 Å². The lowest BCUT2D eigenvalue weighted by Crippen LogP contribution is -2.36. The molecule has 0 bridgehead atoms. The molecule has 0 aromatic heterocycles. The molecule has 0 atom stereocenters. The van der Waals surface area contributed by atoms with E-state index in [1.165, 1.54) is 18.2 Å². The second kappa shape index (κ2) is 7.02. The Balaban J connectivity index is 1.85. The number of nitrogens with zero attached hydrogens (tertiary/aromatic N) is 1. The number of amides is 1. The number of benzene rings is 1. The number of nitrogens with one attached hydrogen (secondary N) is 1. The molecule has 0 radical (unpaired) electrons. The van der Waals surface area contributed by atoms with Crippen molar-refractivity contribution in [1.82, 2.24) is 5.32 Å². The van der Waals surface area contributed by atoms with E-state index in [0.29, 0.717) is 0 Å². The Morgan fingerprint density at radius 1 is 1.24 bits per heavy atom. The van der Waals surface area contributed by atoms with Gasteiger partial charge in [-0.25, -0.2) is 0 Å². The molecule has 1 fully saturated rings. The summed E-state index contributed by atoms with van der Waals surface area (Å²) < 4.78 is 0. The molecule has 0 unspecified atom stereocenters. The predicted molar refractivity (Wildman–Crippen MR) is 81.7 cm³/mol. The summed E-state index contributed by atoms with van der Waals surface area (Å²) in [4.78, 5) is 21.9. The zero-order valence-corrected chi connectivity index (χ0v) is 12.1. The Morgan fingerprint density at radius 2 is 1.86 bits per heavy atom. The Labute approximate surface area is 124 Å². The molecule has 1 aliphatic carbocycles. The van der Waals surface area contributed by atoms with Crippen LogP contribution in [0.25, 0.3) is 6.08 Å². The number of carbonyl (C=O) groups excluding carboxylic acids is 1. The molecule has 21 heavy (non-hydrogen) atoms. The van der Waals surface area contributed by atoms with Crippen molar-refractivity contribution in [2.45, 2.75) is 38.6 Å². The summed E-state index contributed by atoms with van der Waals surface area (Å²) >= 11 is 0. The predicted octanol–water partition coefficient (Wildman–Crippen LogP) is 3.30. The molecule has 112 valence electrons. The first-order valence-corrected chi connectivity index (χ1v) is 7.27. The second-order valence-electron chi connectivity index (χ2n) is 5.65. The standard InChI is InChI=1S/C16H20N2O3/c1-12-2-7-14(8-3-12)17-16(19)11-6-13-4-9-15(10-5-13)18(20)21/h4-6,9-12,14H,2-3,7-8H2,1H3,(H,17,19)/b11-6+. The molecule has 1 aromatic carbocycles.